The fraction of sp³-hybridized carbons (Fsp3) is 0.370. The number of benzene rings is 4. The maximum Gasteiger partial charge on any atom is 0.408 e. The zero-order valence-electron chi connectivity index (χ0n) is 33.2. The Morgan fingerprint density at radius 2 is 1.47 bits per heavy atom. The molecule has 12 heteroatoms. The van der Waals surface area contributed by atoms with Gasteiger partial charge < -0.3 is 35.7 Å². The summed E-state index contributed by atoms with van der Waals surface area (Å²) in [6.07, 6.45) is 3.22. The Bertz CT molecular complexity index is 2080. The Balaban J connectivity index is 1.16. The number of aromatic amines is 1. The minimum Gasteiger partial charge on any atom is -0.445 e. The van der Waals surface area contributed by atoms with Crippen LogP contribution in [0.15, 0.2) is 116 Å². The first kappa shape index (κ1) is 41.6. The minimum absolute atomic E-state index is 0.00811. The van der Waals surface area contributed by atoms with Crippen LogP contribution in [-0.2, 0) is 38.6 Å². The molecular weight excluding hydrogens is 733 g/mol. The fourth-order valence-corrected chi connectivity index (χ4v) is 7.65. The normalized spacial score (nSPS) is 15.3. The van der Waals surface area contributed by atoms with Crippen molar-refractivity contribution >= 4 is 34.6 Å². The maximum absolute atomic E-state index is 14.3. The van der Waals surface area contributed by atoms with Gasteiger partial charge in [-0.25, -0.2) is 9.78 Å². The summed E-state index contributed by atoms with van der Waals surface area (Å²) in [7, 11) is 0. The van der Waals surface area contributed by atoms with Gasteiger partial charge in [0.25, 0.3) is 0 Å². The molecule has 0 saturated carbocycles. The summed E-state index contributed by atoms with van der Waals surface area (Å²) in [4.78, 5) is 64.1. The molecule has 0 spiro atoms. The van der Waals surface area contributed by atoms with Crippen LogP contribution in [0.2, 0.25) is 0 Å². The van der Waals surface area contributed by atoms with Crippen molar-refractivity contribution in [3.63, 3.8) is 0 Å². The lowest BCUT2D eigenvalue weighted by atomic mass is 9.89. The maximum atomic E-state index is 14.3. The number of amides is 4. The van der Waals surface area contributed by atoms with Gasteiger partial charge in [0.2, 0.25) is 17.7 Å². The van der Waals surface area contributed by atoms with Gasteiger partial charge in [0.05, 0.1) is 24.9 Å². The number of aliphatic hydroxyl groups excluding tert-OH is 1. The summed E-state index contributed by atoms with van der Waals surface area (Å²) in [5, 5.41) is 22.0. The van der Waals surface area contributed by atoms with Gasteiger partial charge in [-0.05, 0) is 58.6 Å². The quantitative estimate of drug-likeness (QED) is 0.0793. The van der Waals surface area contributed by atoms with Crippen LogP contribution in [0.25, 0.3) is 10.8 Å². The number of hydrogen-bond acceptors (Lipinski definition) is 7. The molecule has 6 rings (SSSR count). The summed E-state index contributed by atoms with van der Waals surface area (Å²) in [5.74, 6) is -0.843. The van der Waals surface area contributed by atoms with Crippen LogP contribution < -0.4 is 16.0 Å². The highest BCUT2D eigenvalue weighted by Crippen LogP contribution is 2.28. The molecule has 2 heterocycles. The number of nitrogens with one attached hydrogen (secondary N) is 4. The summed E-state index contributed by atoms with van der Waals surface area (Å²) >= 11 is 0. The van der Waals surface area contributed by atoms with E-state index in [1.807, 2.05) is 105 Å². The molecule has 1 aliphatic heterocycles. The van der Waals surface area contributed by atoms with Crippen molar-refractivity contribution in [3.05, 3.63) is 138 Å². The van der Waals surface area contributed by atoms with Gasteiger partial charge in [0, 0.05) is 37.8 Å². The number of aliphatic hydroxyl groups is 1. The first-order valence-electron chi connectivity index (χ1n) is 20.2. The molecule has 1 fully saturated rings. The lowest BCUT2D eigenvalue weighted by Crippen LogP contribution is -2.57. The molecule has 4 amide bonds. The Morgan fingerprint density at radius 1 is 0.810 bits per heavy atom. The predicted octanol–water partition coefficient (Wildman–Crippen LogP) is 5.82. The van der Waals surface area contributed by atoms with Gasteiger partial charge in [0.1, 0.15) is 18.7 Å². The van der Waals surface area contributed by atoms with E-state index in [2.05, 4.69) is 38.1 Å². The first-order valence-corrected chi connectivity index (χ1v) is 20.2. The number of rotatable bonds is 17. The van der Waals surface area contributed by atoms with E-state index in [0.717, 1.165) is 34.7 Å². The average Bonchev–Trinajstić information content (AvgIpc) is 3.76. The third-order valence-electron chi connectivity index (χ3n) is 10.8. The van der Waals surface area contributed by atoms with Crippen molar-refractivity contribution in [2.45, 2.75) is 89.1 Å². The Morgan fingerprint density at radius 3 is 2.17 bits per heavy atom. The molecule has 1 saturated heterocycles. The monoisotopic (exact) mass is 786 g/mol. The standard InChI is InChI=1S/C46H54N6O6/c1-31(2)24-39(42(53)27-43(54)52-22-20-34(21-23-52)33-14-7-4-8-15-33)49-45(56)41(26-37-28-47-30-48-37)50-44(55)40(51-46(57)58-29-32-12-5-3-6-13-32)25-36-18-11-17-35-16-9-10-19-38(35)36/h3-19,28,30-31,34,39-42,53H,20-27,29H2,1-2H3,(H,47,48)(H,49,56)(H,50,55)(H,51,57). The zero-order chi connectivity index (χ0) is 40.9. The number of likely N-dealkylation sites (tertiary alicyclic amines) is 1. The number of hydrogen-bond donors (Lipinski definition) is 5. The van der Waals surface area contributed by atoms with Crippen LogP contribution in [0.3, 0.4) is 0 Å². The number of alkyl carbamates (subject to hydrolysis) is 1. The Hall–Kier alpha value is -6.01. The summed E-state index contributed by atoms with van der Waals surface area (Å²) in [6.45, 7) is 5.16. The lowest BCUT2D eigenvalue weighted by Gasteiger charge is -2.34. The number of fused-ring (bicyclic) bond motifs is 1. The molecule has 304 valence electrons. The third-order valence-corrected chi connectivity index (χ3v) is 10.8. The van der Waals surface area contributed by atoms with Crippen molar-refractivity contribution in [2.75, 3.05) is 13.1 Å². The number of carbonyl (C=O) groups excluding carboxylic acids is 4. The van der Waals surface area contributed by atoms with Crippen molar-refractivity contribution < 1.29 is 29.0 Å². The molecule has 58 heavy (non-hydrogen) atoms. The molecule has 1 aliphatic rings. The lowest BCUT2D eigenvalue weighted by molar-refractivity contribution is -0.136. The van der Waals surface area contributed by atoms with Crippen molar-refractivity contribution in [1.82, 2.24) is 30.8 Å². The van der Waals surface area contributed by atoms with E-state index in [1.165, 1.54) is 11.9 Å². The van der Waals surface area contributed by atoms with Gasteiger partial charge in [-0.1, -0.05) is 117 Å². The highest BCUT2D eigenvalue weighted by atomic mass is 16.5. The van der Waals surface area contributed by atoms with Gasteiger partial charge in [-0.2, -0.15) is 0 Å². The fourth-order valence-electron chi connectivity index (χ4n) is 7.65. The van der Waals surface area contributed by atoms with Gasteiger partial charge in [0.15, 0.2) is 0 Å². The molecule has 0 radical (unpaired) electrons. The zero-order valence-corrected chi connectivity index (χ0v) is 33.2. The average molecular weight is 787 g/mol. The molecule has 4 atom stereocenters. The summed E-state index contributed by atoms with van der Waals surface area (Å²) in [5.41, 5.74) is 3.47. The second kappa shape index (κ2) is 20.4. The number of nitrogens with zero attached hydrogens (tertiary/aromatic N) is 2. The number of imidazole rings is 1. The number of aromatic nitrogens is 2. The molecule has 0 aliphatic carbocycles. The third kappa shape index (κ3) is 11.8. The summed E-state index contributed by atoms with van der Waals surface area (Å²) < 4.78 is 5.51. The van der Waals surface area contributed by atoms with Crippen LogP contribution in [0.1, 0.15) is 67.8 Å². The minimum atomic E-state index is -1.16. The van der Waals surface area contributed by atoms with Crippen molar-refractivity contribution in [2.24, 2.45) is 5.92 Å². The molecule has 4 unspecified atom stereocenters. The number of piperidine rings is 1. The highest BCUT2D eigenvalue weighted by Gasteiger charge is 2.33. The topological polar surface area (TPSA) is 166 Å². The smallest absolute Gasteiger partial charge is 0.408 e. The van der Waals surface area contributed by atoms with E-state index in [4.69, 9.17) is 4.74 Å². The van der Waals surface area contributed by atoms with E-state index in [9.17, 15) is 24.3 Å². The SMILES string of the molecule is CC(C)CC(NC(=O)C(Cc1cnc[nH]1)NC(=O)C(Cc1cccc2ccccc12)NC(=O)OCc1ccccc1)C(O)CC(=O)N1CCC(c2ccccc2)CC1. The molecule has 0 bridgehead atoms. The van der Waals surface area contributed by atoms with Crippen LogP contribution in [-0.4, -0.2) is 81.1 Å². The number of carbonyl (C=O) groups is 4. The van der Waals surface area contributed by atoms with E-state index in [1.54, 1.807) is 11.1 Å². The van der Waals surface area contributed by atoms with Gasteiger partial charge in [-0.3, -0.25) is 14.4 Å². The van der Waals surface area contributed by atoms with Crippen LogP contribution in [0, 0.1) is 5.92 Å². The van der Waals surface area contributed by atoms with E-state index in [0.29, 0.717) is 31.1 Å². The van der Waals surface area contributed by atoms with Crippen LogP contribution in [0.4, 0.5) is 4.79 Å². The molecule has 12 nitrogen and oxygen atoms in total. The van der Waals surface area contributed by atoms with Gasteiger partial charge in [-0.15, -0.1) is 0 Å². The highest BCUT2D eigenvalue weighted by molar-refractivity contribution is 5.93. The molecule has 5 aromatic rings. The van der Waals surface area contributed by atoms with E-state index < -0.39 is 42.1 Å². The number of H-pyrrole nitrogens is 1. The number of ether oxygens (including phenoxy) is 1. The second-order valence-electron chi connectivity index (χ2n) is 15.5. The predicted molar refractivity (Wildman–Crippen MR) is 222 cm³/mol. The van der Waals surface area contributed by atoms with Gasteiger partial charge >= 0.3 is 6.09 Å². The van der Waals surface area contributed by atoms with Crippen molar-refractivity contribution in [3.8, 4) is 0 Å². The molecule has 1 aromatic heterocycles. The Labute approximate surface area is 339 Å². The largest absolute Gasteiger partial charge is 0.445 e. The molecule has 4 aromatic carbocycles. The van der Waals surface area contributed by atoms with Crippen LogP contribution in [0.5, 0.6) is 0 Å². The molecule has 5 N–H and O–H groups in total. The van der Waals surface area contributed by atoms with Crippen LogP contribution >= 0.6 is 0 Å². The first-order chi connectivity index (χ1) is 28.1. The van der Waals surface area contributed by atoms with E-state index >= 15 is 0 Å². The molecular formula is C46H54N6O6. The summed E-state index contributed by atoms with van der Waals surface area (Å²) in [6, 6.07) is 30.1. The second-order valence-corrected chi connectivity index (χ2v) is 15.5. The Kier molecular flexibility index (Phi) is 14.7. The van der Waals surface area contributed by atoms with Crippen molar-refractivity contribution in [1.29, 1.82) is 0 Å². The van der Waals surface area contributed by atoms with E-state index in [-0.39, 0.29) is 37.7 Å².